The summed E-state index contributed by atoms with van der Waals surface area (Å²) in [7, 11) is -1.86. The molecule has 3 aliphatic rings. The quantitative estimate of drug-likeness (QED) is 0.309. The third-order valence-corrected chi connectivity index (χ3v) is 3.45. The Morgan fingerprint density at radius 3 is 2.50 bits per heavy atom. The van der Waals surface area contributed by atoms with Crippen LogP contribution in [0.5, 0.6) is 0 Å². The highest BCUT2D eigenvalue weighted by Gasteiger charge is 2.98. The summed E-state index contributed by atoms with van der Waals surface area (Å²) in [5.41, 5.74) is 0. The molecule has 0 amide bonds. The lowest BCUT2D eigenvalue weighted by atomic mass is 10.3. The van der Waals surface area contributed by atoms with Gasteiger partial charge in [-0.05, 0) is 0 Å². The predicted octanol–water partition coefficient (Wildman–Crippen LogP) is -1.07. The fraction of sp³-hybridized carbons (Fsp3) is 1.00. The van der Waals surface area contributed by atoms with Gasteiger partial charge in [0.2, 0.25) is 0 Å². The molecule has 0 saturated carbocycles. The van der Waals surface area contributed by atoms with E-state index in [0.717, 1.165) is 0 Å². The molecule has 0 bridgehead atoms. The Bertz CT molecular complexity index is 203. The minimum absolute atomic E-state index is 0.433. The topological polar surface area (TPSA) is 48.1 Å². The molecule has 0 aliphatic carbocycles. The van der Waals surface area contributed by atoms with Gasteiger partial charge in [-0.1, -0.05) is 0 Å². The second-order valence-corrected chi connectivity index (χ2v) is 3.75. The molecule has 3 aliphatic heterocycles. The van der Waals surface area contributed by atoms with Crippen molar-refractivity contribution >= 4 is 8.93 Å². The minimum atomic E-state index is -1.86. The van der Waals surface area contributed by atoms with E-state index in [1.165, 1.54) is 0 Å². The van der Waals surface area contributed by atoms with Crippen LogP contribution in [0.15, 0.2) is 0 Å². The first-order valence-electron chi connectivity index (χ1n) is 2.37. The van der Waals surface area contributed by atoms with E-state index in [2.05, 4.69) is 0 Å². The van der Waals surface area contributed by atoms with Crippen molar-refractivity contribution in [3.05, 3.63) is 0 Å². The molecule has 0 aromatic rings. The summed E-state index contributed by atoms with van der Waals surface area (Å²) < 4.78 is 25.0. The van der Waals surface area contributed by atoms with E-state index >= 15 is 0 Å². The molecule has 8 heavy (non-hydrogen) atoms. The average Bonchev–Trinajstić information content (AvgIpc) is 2.22. The third kappa shape index (κ3) is 0.136. The van der Waals surface area contributed by atoms with Crippen molar-refractivity contribution in [2.24, 2.45) is 0 Å². The molecular weight excluding hydrogens is 128 g/mol. The smallest absolute Gasteiger partial charge is 0.469 e. The van der Waals surface area contributed by atoms with Gasteiger partial charge in [-0.3, -0.25) is 4.74 Å². The van der Waals surface area contributed by atoms with Crippen molar-refractivity contribution in [3.8, 4) is 0 Å². The highest BCUT2D eigenvalue weighted by Crippen LogP contribution is 2.65. The highest BCUT2D eigenvalue weighted by molar-refractivity contribution is 6.46. The third-order valence-electron chi connectivity index (χ3n) is 1.78. The summed E-state index contributed by atoms with van der Waals surface area (Å²) in [5, 5.41) is -0.433. The molecular formula is C3H2O4Si. The highest BCUT2D eigenvalue weighted by atomic mass is 28.3. The van der Waals surface area contributed by atoms with E-state index in [4.69, 9.17) is 13.9 Å². The zero-order valence-electron chi connectivity index (χ0n) is 3.84. The maximum Gasteiger partial charge on any atom is 0.553 e. The van der Waals surface area contributed by atoms with Crippen LogP contribution >= 0.6 is 0 Å². The maximum atomic E-state index is 10.6. The van der Waals surface area contributed by atoms with E-state index in [0.29, 0.717) is 6.61 Å². The molecule has 0 spiro atoms. The van der Waals surface area contributed by atoms with Crippen LogP contribution in [0.1, 0.15) is 0 Å². The lowest BCUT2D eigenvalue weighted by Crippen LogP contribution is -2.64. The first-order chi connectivity index (χ1) is 3.79. The summed E-state index contributed by atoms with van der Waals surface area (Å²) in [5.74, 6) is -0.789. The normalized spacial score (nSPS) is 63.8. The van der Waals surface area contributed by atoms with Gasteiger partial charge in [0.05, 0.1) is 6.61 Å². The Labute approximate surface area is 46.1 Å². The Morgan fingerprint density at radius 1 is 1.62 bits per heavy atom. The standard InChI is InChI=1S/C3H2O4Si/c4-8-2-1-5-3(2,6-2)7-8/h1H2. The number of rotatable bonds is 0. The average molecular weight is 130 g/mol. The Morgan fingerprint density at radius 2 is 2.50 bits per heavy atom. The predicted molar refractivity (Wildman–Crippen MR) is 20.0 cm³/mol. The minimum Gasteiger partial charge on any atom is -0.469 e. The van der Waals surface area contributed by atoms with Crippen LogP contribution in [0.4, 0.5) is 0 Å². The van der Waals surface area contributed by atoms with Crippen LogP contribution in [0.3, 0.4) is 0 Å². The van der Waals surface area contributed by atoms with Gasteiger partial charge in [-0.25, -0.2) is 0 Å². The molecule has 0 N–H and O–H groups in total. The van der Waals surface area contributed by atoms with Crippen molar-refractivity contribution < 1.29 is 18.4 Å². The van der Waals surface area contributed by atoms with E-state index in [1.807, 2.05) is 0 Å². The molecule has 3 heterocycles. The molecule has 2 unspecified atom stereocenters. The summed E-state index contributed by atoms with van der Waals surface area (Å²) >= 11 is 0. The van der Waals surface area contributed by atoms with Crippen LogP contribution in [-0.2, 0) is 18.4 Å². The van der Waals surface area contributed by atoms with E-state index in [9.17, 15) is 4.46 Å². The first kappa shape index (κ1) is 3.70. The molecule has 0 radical (unpaired) electrons. The lowest BCUT2D eigenvalue weighted by molar-refractivity contribution is -0.244. The zero-order valence-corrected chi connectivity index (χ0v) is 4.84. The summed E-state index contributed by atoms with van der Waals surface area (Å²) in [6, 6.07) is 0. The number of epoxide rings is 1. The van der Waals surface area contributed by atoms with Gasteiger partial charge in [0.15, 0.2) is 0 Å². The number of hydrogen-bond acceptors (Lipinski definition) is 4. The van der Waals surface area contributed by atoms with Gasteiger partial charge in [0.1, 0.15) is 0 Å². The van der Waals surface area contributed by atoms with E-state index in [-0.39, 0.29) is 0 Å². The fourth-order valence-corrected chi connectivity index (χ4v) is 2.41. The van der Waals surface area contributed by atoms with Gasteiger partial charge in [0.25, 0.3) is 5.22 Å². The Balaban J connectivity index is 2.16. The van der Waals surface area contributed by atoms with Gasteiger partial charge >= 0.3 is 14.9 Å². The van der Waals surface area contributed by atoms with Crippen molar-refractivity contribution in [1.29, 1.82) is 0 Å². The lowest BCUT2D eigenvalue weighted by Gasteiger charge is -2.34. The Kier molecular flexibility index (Phi) is 0.292. The van der Waals surface area contributed by atoms with Crippen molar-refractivity contribution in [3.63, 3.8) is 0 Å². The van der Waals surface area contributed by atoms with E-state index in [1.54, 1.807) is 0 Å². The van der Waals surface area contributed by atoms with Crippen molar-refractivity contribution in [2.45, 2.75) is 11.2 Å². The number of ether oxygens (including phenoxy) is 2. The molecule has 5 heteroatoms. The Hall–Kier alpha value is -0.263. The van der Waals surface area contributed by atoms with Gasteiger partial charge in [-0.15, -0.1) is 0 Å². The molecule has 3 rings (SSSR count). The van der Waals surface area contributed by atoms with Crippen molar-refractivity contribution in [2.75, 3.05) is 6.61 Å². The molecule has 4 nitrogen and oxygen atoms in total. The second kappa shape index (κ2) is 0.632. The molecule has 3 saturated heterocycles. The second-order valence-electron chi connectivity index (χ2n) is 2.16. The maximum absolute atomic E-state index is 10.6. The summed E-state index contributed by atoms with van der Waals surface area (Å²) in [4.78, 5) is 0. The SMILES string of the molecule is O=[Si]1OC23OCC12O3. The molecule has 42 valence electrons. The zero-order chi connectivity index (χ0) is 5.41. The van der Waals surface area contributed by atoms with Gasteiger partial charge in [0, 0.05) is 0 Å². The fourth-order valence-electron chi connectivity index (χ4n) is 1.10. The molecule has 0 aromatic carbocycles. The molecule has 0 aromatic heterocycles. The largest absolute Gasteiger partial charge is 0.553 e. The first-order valence-corrected chi connectivity index (χ1v) is 3.68. The van der Waals surface area contributed by atoms with Crippen LogP contribution in [0.2, 0.25) is 0 Å². The van der Waals surface area contributed by atoms with Crippen LogP contribution in [0, 0.1) is 0 Å². The van der Waals surface area contributed by atoms with Crippen LogP contribution < -0.4 is 0 Å². The van der Waals surface area contributed by atoms with Crippen LogP contribution in [-0.4, -0.2) is 26.7 Å². The van der Waals surface area contributed by atoms with E-state index < -0.39 is 20.1 Å². The molecule has 3 fully saturated rings. The van der Waals surface area contributed by atoms with Crippen LogP contribution in [0.25, 0.3) is 0 Å². The monoisotopic (exact) mass is 130 g/mol. The summed E-state index contributed by atoms with van der Waals surface area (Å²) in [6.07, 6.45) is 0. The van der Waals surface area contributed by atoms with Crippen molar-refractivity contribution in [1.82, 2.24) is 0 Å². The van der Waals surface area contributed by atoms with Gasteiger partial charge in [-0.2, -0.15) is 0 Å². The molecule has 2 atom stereocenters. The number of hydrogen-bond donors (Lipinski definition) is 0. The summed E-state index contributed by atoms with van der Waals surface area (Å²) in [6.45, 7) is 0.463. The van der Waals surface area contributed by atoms with Gasteiger partial charge < -0.3 is 13.6 Å².